The van der Waals surface area contributed by atoms with Crippen molar-refractivity contribution in [1.29, 1.82) is 5.26 Å². The molecule has 1 aromatic rings. The van der Waals surface area contributed by atoms with E-state index >= 15 is 0 Å². The van der Waals surface area contributed by atoms with E-state index in [1.165, 1.54) is 25.7 Å². The van der Waals surface area contributed by atoms with Gasteiger partial charge in [-0.15, -0.1) is 0 Å². The molecule has 23 heavy (non-hydrogen) atoms. The Balaban J connectivity index is 1.48. The highest BCUT2D eigenvalue weighted by molar-refractivity contribution is 5.76. The van der Waals surface area contributed by atoms with E-state index < -0.39 is 0 Å². The quantitative estimate of drug-likeness (QED) is 0.859. The van der Waals surface area contributed by atoms with Gasteiger partial charge >= 0.3 is 0 Å². The summed E-state index contributed by atoms with van der Waals surface area (Å²) in [5.74, 6) is 0.969. The summed E-state index contributed by atoms with van der Waals surface area (Å²) in [5, 5.41) is 9.18. The lowest BCUT2D eigenvalue weighted by atomic mass is 10.0. The van der Waals surface area contributed by atoms with Crippen molar-refractivity contribution in [3.63, 3.8) is 0 Å². The Morgan fingerprint density at radius 2 is 1.83 bits per heavy atom. The van der Waals surface area contributed by atoms with E-state index in [1.54, 1.807) is 0 Å². The van der Waals surface area contributed by atoms with Gasteiger partial charge in [0, 0.05) is 39.1 Å². The molecule has 2 fully saturated rings. The lowest BCUT2D eigenvalue weighted by molar-refractivity contribution is -0.134. The maximum absolute atomic E-state index is 12.4. The highest BCUT2D eigenvalue weighted by Crippen LogP contribution is 2.28. The normalized spacial score (nSPS) is 19.7. The van der Waals surface area contributed by atoms with Crippen molar-refractivity contribution in [1.82, 2.24) is 9.80 Å². The molecule has 0 N–H and O–H groups in total. The summed E-state index contributed by atoms with van der Waals surface area (Å²) in [6.07, 6.45) is 5.80. The van der Waals surface area contributed by atoms with E-state index in [0.29, 0.717) is 11.8 Å². The first-order valence-corrected chi connectivity index (χ1v) is 8.74. The van der Waals surface area contributed by atoms with Crippen LogP contribution in [0.3, 0.4) is 0 Å². The molecule has 1 aromatic carbocycles. The Bertz CT molecular complexity index is 579. The molecule has 1 saturated carbocycles. The number of nitriles is 1. The zero-order chi connectivity index (χ0) is 16.1. The van der Waals surface area contributed by atoms with Crippen LogP contribution in [0.25, 0.3) is 0 Å². The van der Waals surface area contributed by atoms with Gasteiger partial charge < -0.3 is 4.90 Å². The van der Waals surface area contributed by atoms with Crippen LogP contribution >= 0.6 is 0 Å². The van der Waals surface area contributed by atoms with Crippen molar-refractivity contribution < 1.29 is 4.79 Å². The third-order valence-corrected chi connectivity index (χ3v) is 5.19. The summed E-state index contributed by atoms with van der Waals surface area (Å²) in [4.78, 5) is 16.8. The first kappa shape index (κ1) is 16.0. The Morgan fingerprint density at radius 3 is 2.52 bits per heavy atom. The van der Waals surface area contributed by atoms with Crippen molar-refractivity contribution in [2.45, 2.75) is 38.6 Å². The second-order valence-corrected chi connectivity index (χ2v) is 6.78. The topological polar surface area (TPSA) is 47.3 Å². The van der Waals surface area contributed by atoms with E-state index in [2.05, 4.69) is 11.0 Å². The molecule has 2 aliphatic rings. The third kappa shape index (κ3) is 4.11. The minimum atomic E-state index is 0.342. The molecule has 0 unspecified atom stereocenters. The molecule has 4 nitrogen and oxygen atoms in total. The van der Waals surface area contributed by atoms with Crippen LogP contribution in [-0.4, -0.2) is 41.9 Å². The van der Waals surface area contributed by atoms with Gasteiger partial charge in [0.05, 0.1) is 11.6 Å². The first-order chi connectivity index (χ1) is 11.3. The van der Waals surface area contributed by atoms with E-state index in [9.17, 15) is 10.1 Å². The van der Waals surface area contributed by atoms with Gasteiger partial charge in [-0.05, 0) is 30.4 Å². The van der Waals surface area contributed by atoms with Crippen molar-refractivity contribution in [2.75, 3.05) is 26.2 Å². The van der Waals surface area contributed by atoms with Crippen molar-refractivity contribution in [3.05, 3.63) is 35.4 Å². The average Bonchev–Trinajstić information content (AvgIpc) is 3.09. The SMILES string of the molecule is N#Cc1ccccc1CN1CCN(C(=O)CC2CCCC2)CC1. The largest absolute Gasteiger partial charge is 0.340 e. The van der Waals surface area contributed by atoms with Gasteiger partial charge in [-0.3, -0.25) is 9.69 Å². The van der Waals surface area contributed by atoms with Gasteiger partial charge in [0.25, 0.3) is 0 Å². The number of amides is 1. The average molecular weight is 311 g/mol. The van der Waals surface area contributed by atoms with Crippen LogP contribution < -0.4 is 0 Å². The number of hydrogen-bond donors (Lipinski definition) is 0. The van der Waals surface area contributed by atoms with Crippen LogP contribution in [0.2, 0.25) is 0 Å². The van der Waals surface area contributed by atoms with Crippen LogP contribution in [0.15, 0.2) is 24.3 Å². The fourth-order valence-electron chi connectivity index (χ4n) is 3.75. The molecule has 1 saturated heterocycles. The molecular weight excluding hydrogens is 286 g/mol. The van der Waals surface area contributed by atoms with Gasteiger partial charge in [0.2, 0.25) is 5.91 Å². The molecule has 1 aliphatic heterocycles. The van der Waals surface area contributed by atoms with Crippen LogP contribution in [0.5, 0.6) is 0 Å². The number of benzene rings is 1. The summed E-state index contributed by atoms with van der Waals surface area (Å²) in [6.45, 7) is 4.24. The van der Waals surface area contributed by atoms with Gasteiger partial charge in [-0.1, -0.05) is 31.0 Å². The smallest absolute Gasteiger partial charge is 0.222 e. The summed E-state index contributed by atoms with van der Waals surface area (Å²) >= 11 is 0. The second kappa shape index (κ2) is 7.61. The minimum absolute atomic E-state index is 0.342. The fourth-order valence-corrected chi connectivity index (χ4v) is 3.75. The van der Waals surface area contributed by atoms with Gasteiger partial charge in [0.15, 0.2) is 0 Å². The summed E-state index contributed by atoms with van der Waals surface area (Å²) in [7, 11) is 0. The predicted molar refractivity (Wildman–Crippen MR) is 89.6 cm³/mol. The highest BCUT2D eigenvalue weighted by atomic mass is 16.2. The summed E-state index contributed by atoms with van der Waals surface area (Å²) < 4.78 is 0. The van der Waals surface area contributed by atoms with E-state index in [0.717, 1.165) is 50.3 Å². The number of carbonyl (C=O) groups is 1. The zero-order valence-electron chi connectivity index (χ0n) is 13.7. The Morgan fingerprint density at radius 1 is 1.13 bits per heavy atom. The standard InChI is InChI=1S/C19H25N3O/c20-14-17-7-3-4-8-18(17)15-21-9-11-22(12-10-21)19(23)13-16-5-1-2-6-16/h3-4,7-8,16H,1-2,5-6,9-13,15H2. The Hall–Kier alpha value is -1.86. The molecule has 0 radical (unpaired) electrons. The molecule has 1 heterocycles. The summed E-state index contributed by atoms with van der Waals surface area (Å²) in [6, 6.07) is 10.0. The number of piperazine rings is 1. The van der Waals surface area contributed by atoms with Crippen molar-refractivity contribution in [2.24, 2.45) is 5.92 Å². The number of carbonyl (C=O) groups excluding carboxylic acids is 1. The Kier molecular flexibility index (Phi) is 5.30. The number of hydrogen-bond acceptors (Lipinski definition) is 3. The first-order valence-electron chi connectivity index (χ1n) is 8.74. The second-order valence-electron chi connectivity index (χ2n) is 6.78. The van der Waals surface area contributed by atoms with Crippen LogP contribution in [-0.2, 0) is 11.3 Å². The number of nitrogens with zero attached hydrogens (tertiary/aromatic N) is 3. The third-order valence-electron chi connectivity index (χ3n) is 5.19. The monoisotopic (exact) mass is 311 g/mol. The Labute approximate surface area is 138 Å². The fraction of sp³-hybridized carbons (Fsp3) is 0.579. The van der Waals surface area contributed by atoms with Crippen LogP contribution in [0.4, 0.5) is 0 Å². The molecule has 4 heteroatoms. The minimum Gasteiger partial charge on any atom is -0.340 e. The van der Waals surface area contributed by atoms with Gasteiger partial charge in [-0.2, -0.15) is 5.26 Å². The van der Waals surface area contributed by atoms with E-state index in [1.807, 2.05) is 29.2 Å². The van der Waals surface area contributed by atoms with Crippen molar-refractivity contribution in [3.8, 4) is 6.07 Å². The molecule has 1 aliphatic carbocycles. The lowest BCUT2D eigenvalue weighted by Crippen LogP contribution is -2.48. The molecule has 1 amide bonds. The van der Waals surface area contributed by atoms with Crippen molar-refractivity contribution >= 4 is 5.91 Å². The maximum atomic E-state index is 12.4. The molecule has 122 valence electrons. The summed E-state index contributed by atoms with van der Waals surface area (Å²) in [5.41, 5.74) is 1.84. The molecule has 0 spiro atoms. The van der Waals surface area contributed by atoms with Gasteiger partial charge in [-0.25, -0.2) is 0 Å². The molecule has 0 aromatic heterocycles. The van der Waals surface area contributed by atoms with Gasteiger partial charge in [0.1, 0.15) is 0 Å². The van der Waals surface area contributed by atoms with E-state index in [4.69, 9.17) is 0 Å². The maximum Gasteiger partial charge on any atom is 0.222 e. The van der Waals surface area contributed by atoms with E-state index in [-0.39, 0.29) is 0 Å². The highest BCUT2D eigenvalue weighted by Gasteiger charge is 2.25. The van der Waals surface area contributed by atoms with Crippen LogP contribution in [0, 0.1) is 17.2 Å². The molecule has 3 rings (SSSR count). The van der Waals surface area contributed by atoms with Crippen LogP contribution in [0.1, 0.15) is 43.2 Å². The molecular formula is C19H25N3O. The molecule has 0 atom stereocenters. The zero-order valence-corrected chi connectivity index (χ0v) is 13.7. The predicted octanol–water partition coefficient (Wildman–Crippen LogP) is 2.78. The lowest BCUT2D eigenvalue weighted by Gasteiger charge is -2.35. The molecule has 0 bridgehead atoms. The number of rotatable bonds is 4.